The van der Waals surface area contributed by atoms with Gasteiger partial charge in [-0.1, -0.05) is 64.7 Å². The van der Waals surface area contributed by atoms with Gasteiger partial charge in [-0.25, -0.2) is 0 Å². The van der Waals surface area contributed by atoms with E-state index in [1.165, 1.54) is 44.9 Å². The third-order valence-electron chi connectivity index (χ3n) is 3.01. The van der Waals surface area contributed by atoms with Crippen molar-refractivity contribution >= 4 is 0 Å². The molecular formula is C16H30O. The number of aliphatic hydroxyl groups excluding tert-OH is 1. The first kappa shape index (κ1) is 16.5. The van der Waals surface area contributed by atoms with Gasteiger partial charge in [-0.15, -0.1) is 5.92 Å². The summed E-state index contributed by atoms with van der Waals surface area (Å²) in [5.41, 5.74) is 0. The highest BCUT2D eigenvalue weighted by Gasteiger charge is 1.98. The van der Waals surface area contributed by atoms with Crippen LogP contribution in [0.2, 0.25) is 0 Å². The molecule has 17 heavy (non-hydrogen) atoms. The van der Waals surface area contributed by atoms with E-state index >= 15 is 0 Å². The largest absolute Gasteiger partial charge is 0.380 e. The van der Waals surface area contributed by atoms with Crippen LogP contribution in [0.4, 0.5) is 0 Å². The second kappa shape index (κ2) is 13.6. The van der Waals surface area contributed by atoms with Crippen molar-refractivity contribution in [1.82, 2.24) is 0 Å². The Balaban J connectivity index is 3.25. The first-order chi connectivity index (χ1) is 8.31. The molecule has 0 fully saturated rings. The summed E-state index contributed by atoms with van der Waals surface area (Å²) in [6.07, 6.45) is 12.8. The number of unbranched alkanes of at least 4 members (excludes halogenated alkanes) is 8. The summed E-state index contributed by atoms with van der Waals surface area (Å²) in [6, 6.07) is 0. The Bertz CT molecular complexity index is 199. The summed E-state index contributed by atoms with van der Waals surface area (Å²) in [5.74, 6) is 5.99. The molecule has 1 unspecified atom stereocenters. The highest BCUT2D eigenvalue weighted by atomic mass is 16.3. The zero-order valence-electron chi connectivity index (χ0n) is 11.8. The molecule has 0 aromatic carbocycles. The van der Waals surface area contributed by atoms with Crippen LogP contribution in [0.3, 0.4) is 0 Å². The molecule has 0 spiro atoms. The maximum Gasteiger partial charge on any atom is 0.114 e. The molecule has 0 bridgehead atoms. The van der Waals surface area contributed by atoms with Crippen LogP contribution in [0.25, 0.3) is 0 Å². The Hall–Kier alpha value is -0.480. The maximum atomic E-state index is 9.62. The standard InChI is InChI=1S/C16H30O/c1-3-5-7-9-10-11-13-15-16(17)14-12-8-6-4-2/h16-17H,3-11,13,15H2,1-2H3. The van der Waals surface area contributed by atoms with E-state index in [9.17, 15) is 5.11 Å². The van der Waals surface area contributed by atoms with Crippen molar-refractivity contribution in [3.8, 4) is 11.8 Å². The highest BCUT2D eigenvalue weighted by molar-refractivity contribution is 5.04. The van der Waals surface area contributed by atoms with Gasteiger partial charge in [0.1, 0.15) is 6.10 Å². The lowest BCUT2D eigenvalue weighted by Crippen LogP contribution is -2.02. The van der Waals surface area contributed by atoms with E-state index in [0.29, 0.717) is 0 Å². The second-order valence-corrected chi connectivity index (χ2v) is 4.85. The Labute approximate surface area is 108 Å². The Morgan fingerprint density at radius 2 is 1.41 bits per heavy atom. The average Bonchev–Trinajstić information content (AvgIpc) is 2.33. The van der Waals surface area contributed by atoms with Gasteiger partial charge in [-0.05, 0) is 19.3 Å². The van der Waals surface area contributed by atoms with Crippen molar-refractivity contribution in [2.75, 3.05) is 0 Å². The fourth-order valence-corrected chi connectivity index (χ4v) is 1.82. The van der Waals surface area contributed by atoms with Gasteiger partial charge in [0.2, 0.25) is 0 Å². The lowest BCUT2D eigenvalue weighted by atomic mass is 10.1. The van der Waals surface area contributed by atoms with E-state index in [2.05, 4.69) is 25.7 Å². The lowest BCUT2D eigenvalue weighted by Gasteiger charge is -2.03. The van der Waals surface area contributed by atoms with E-state index < -0.39 is 0 Å². The van der Waals surface area contributed by atoms with Gasteiger partial charge in [-0.3, -0.25) is 0 Å². The van der Waals surface area contributed by atoms with Gasteiger partial charge in [0.25, 0.3) is 0 Å². The molecule has 0 aliphatic rings. The van der Waals surface area contributed by atoms with Crippen molar-refractivity contribution in [1.29, 1.82) is 0 Å². The molecule has 100 valence electrons. The zero-order valence-corrected chi connectivity index (χ0v) is 11.8. The van der Waals surface area contributed by atoms with Gasteiger partial charge < -0.3 is 5.11 Å². The van der Waals surface area contributed by atoms with E-state index in [4.69, 9.17) is 0 Å². The van der Waals surface area contributed by atoms with Gasteiger partial charge >= 0.3 is 0 Å². The molecule has 0 heterocycles. The predicted octanol–water partition coefficient (Wildman–Crippen LogP) is 4.68. The van der Waals surface area contributed by atoms with Crippen molar-refractivity contribution < 1.29 is 5.11 Å². The summed E-state index contributed by atoms with van der Waals surface area (Å²) in [7, 11) is 0. The third-order valence-corrected chi connectivity index (χ3v) is 3.01. The minimum atomic E-state index is -0.387. The average molecular weight is 238 g/mol. The van der Waals surface area contributed by atoms with E-state index in [-0.39, 0.29) is 6.10 Å². The fourth-order valence-electron chi connectivity index (χ4n) is 1.82. The molecular weight excluding hydrogens is 208 g/mol. The van der Waals surface area contributed by atoms with Crippen LogP contribution < -0.4 is 0 Å². The maximum absolute atomic E-state index is 9.62. The molecule has 0 saturated carbocycles. The first-order valence-corrected chi connectivity index (χ1v) is 7.47. The minimum absolute atomic E-state index is 0.387. The molecule has 1 N–H and O–H groups in total. The van der Waals surface area contributed by atoms with Gasteiger partial charge in [-0.2, -0.15) is 0 Å². The molecule has 1 atom stereocenters. The monoisotopic (exact) mass is 238 g/mol. The van der Waals surface area contributed by atoms with Crippen LogP contribution in [0.1, 0.15) is 84.5 Å². The van der Waals surface area contributed by atoms with Crippen LogP contribution in [0.5, 0.6) is 0 Å². The topological polar surface area (TPSA) is 20.2 Å². The Kier molecular flexibility index (Phi) is 13.2. The molecule has 0 saturated heterocycles. The molecule has 0 amide bonds. The summed E-state index contributed by atoms with van der Waals surface area (Å²) in [4.78, 5) is 0. The van der Waals surface area contributed by atoms with Gasteiger partial charge in [0, 0.05) is 6.42 Å². The van der Waals surface area contributed by atoms with Gasteiger partial charge in [0.05, 0.1) is 0 Å². The number of aliphatic hydroxyl groups is 1. The third kappa shape index (κ3) is 13.5. The summed E-state index contributed by atoms with van der Waals surface area (Å²) >= 11 is 0. The SMILES string of the molecule is CCCCC#CC(O)CCCCCCCCC. The first-order valence-electron chi connectivity index (χ1n) is 7.47. The second-order valence-electron chi connectivity index (χ2n) is 4.85. The molecule has 0 aliphatic heterocycles. The summed E-state index contributed by atoms with van der Waals surface area (Å²) < 4.78 is 0. The number of hydrogen-bond acceptors (Lipinski definition) is 1. The summed E-state index contributed by atoms with van der Waals surface area (Å²) in [6.45, 7) is 4.41. The molecule has 0 radical (unpaired) electrons. The van der Waals surface area contributed by atoms with E-state index in [1.54, 1.807) is 0 Å². The van der Waals surface area contributed by atoms with Crippen LogP contribution >= 0.6 is 0 Å². The van der Waals surface area contributed by atoms with Crippen LogP contribution in [0, 0.1) is 11.8 Å². The van der Waals surface area contributed by atoms with Crippen molar-refractivity contribution in [2.24, 2.45) is 0 Å². The molecule has 1 nitrogen and oxygen atoms in total. The normalized spacial score (nSPS) is 11.9. The van der Waals surface area contributed by atoms with Crippen molar-refractivity contribution in [3.63, 3.8) is 0 Å². The fraction of sp³-hybridized carbons (Fsp3) is 0.875. The molecule has 0 aromatic heterocycles. The van der Waals surface area contributed by atoms with E-state index in [0.717, 1.165) is 25.7 Å². The Morgan fingerprint density at radius 3 is 2.06 bits per heavy atom. The van der Waals surface area contributed by atoms with Gasteiger partial charge in [0.15, 0.2) is 0 Å². The predicted molar refractivity (Wildman–Crippen MR) is 75.9 cm³/mol. The van der Waals surface area contributed by atoms with Crippen LogP contribution in [0.15, 0.2) is 0 Å². The quantitative estimate of drug-likeness (QED) is 0.433. The van der Waals surface area contributed by atoms with Crippen molar-refractivity contribution in [2.45, 2.75) is 90.6 Å². The highest BCUT2D eigenvalue weighted by Crippen LogP contribution is 2.09. The van der Waals surface area contributed by atoms with Crippen molar-refractivity contribution in [3.05, 3.63) is 0 Å². The minimum Gasteiger partial charge on any atom is -0.380 e. The lowest BCUT2D eigenvalue weighted by molar-refractivity contribution is 0.217. The van der Waals surface area contributed by atoms with Crippen LogP contribution in [-0.2, 0) is 0 Å². The molecule has 0 rings (SSSR count). The number of rotatable bonds is 10. The number of hydrogen-bond donors (Lipinski definition) is 1. The molecule has 0 aliphatic carbocycles. The molecule has 0 aromatic rings. The van der Waals surface area contributed by atoms with E-state index in [1.807, 2.05) is 0 Å². The van der Waals surface area contributed by atoms with Crippen LogP contribution in [-0.4, -0.2) is 11.2 Å². The zero-order chi connectivity index (χ0) is 12.8. The smallest absolute Gasteiger partial charge is 0.114 e. The Morgan fingerprint density at radius 1 is 0.824 bits per heavy atom. The summed E-state index contributed by atoms with van der Waals surface area (Å²) in [5, 5.41) is 9.62. The molecule has 1 heteroatoms.